The van der Waals surface area contributed by atoms with Gasteiger partial charge in [0.1, 0.15) is 5.75 Å². The molecular weight excluding hydrogens is 178 g/mol. The first-order valence-electron chi connectivity index (χ1n) is 4.82. The van der Waals surface area contributed by atoms with Gasteiger partial charge >= 0.3 is 0 Å². The lowest BCUT2D eigenvalue weighted by Crippen LogP contribution is -2.24. The van der Waals surface area contributed by atoms with Crippen molar-refractivity contribution in [2.24, 2.45) is 5.92 Å². The van der Waals surface area contributed by atoms with Crippen molar-refractivity contribution in [2.45, 2.75) is 19.4 Å². The molecule has 0 unspecified atom stereocenters. The molecule has 1 aliphatic rings. The molecule has 0 aromatic heterocycles. The van der Waals surface area contributed by atoms with Crippen LogP contribution < -0.4 is 5.32 Å². The van der Waals surface area contributed by atoms with Crippen LogP contribution in [-0.2, 0) is 11.3 Å². The Bertz CT molecular complexity index is 345. The summed E-state index contributed by atoms with van der Waals surface area (Å²) in [6.07, 6.45) is 2.01. The van der Waals surface area contributed by atoms with E-state index in [0.717, 1.165) is 18.4 Å². The number of carbonyl (C=O) groups is 1. The number of nitrogens with one attached hydrogen (secondary N) is 1. The predicted octanol–water partition coefficient (Wildman–Crippen LogP) is 1.42. The predicted molar refractivity (Wildman–Crippen MR) is 52.7 cm³/mol. The topological polar surface area (TPSA) is 49.3 Å². The van der Waals surface area contributed by atoms with Crippen molar-refractivity contribution in [1.29, 1.82) is 0 Å². The molecule has 0 atom stereocenters. The monoisotopic (exact) mass is 191 g/mol. The van der Waals surface area contributed by atoms with Gasteiger partial charge in [0.25, 0.3) is 0 Å². The minimum atomic E-state index is 0.105. The first-order valence-corrected chi connectivity index (χ1v) is 4.82. The van der Waals surface area contributed by atoms with Gasteiger partial charge in [0.05, 0.1) is 0 Å². The maximum Gasteiger partial charge on any atom is 0.223 e. The number of para-hydroxylation sites is 1. The Kier molecular flexibility index (Phi) is 2.39. The summed E-state index contributed by atoms with van der Waals surface area (Å²) in [5.41, 5.74) is 0.765. The third kappa shape index (κ3) is 2.05. The van der Waals surface area contributed by atoms with Crippen molar-refractivity contribution in [1.82, 2.24) is 5.32 Å². The normalized spacial score (nSPS) is 15.1. The van der Waals surface area contributed by atoms with E-state index in [4.69, 9.17) is 0 Å². The SMILES string of the molecule is O=C(NCc1ccccc1O)C1CC1. The van der Waals surface area contributed by atoms with Gasteiger partial charge in [-0.15, -0.1) is 0 Å². The van der Waals surface area contributed by atoms with Gasteiger partial charge in [-0.2, -0.15) is 0 Å². The van der Waals surface area contributed by atoms with Crippen molar-refractivity contribution in [3.05, 3.63) is 29.8 Å². The average molecular weight is 191 g/mol. The summed E-state index contributed by atoms with van der Waals surface area (Å²) in [5.74, 6) is 0.567. The van der Waals surface area contributed by atoms with Crippen LogP contribution in [0.5, 0.6) is 5.75 Å². The third-order valence-electron chi connectivity index (χ3n) is 2.39. The number of phenols is 1. The second kappa shape index (κ2) is 3.70. The molecule has 2 N–H and O–H groups in total. The fourth-order valence-electron chi connectivity index (χ4n) is 1.33. The highest BCUT2D eigenvalue weighted by Gasteiger charge is 2.29. The Morgan fingerprint density at radius 3 is 2.79 bits per heavy atom. The zero-order valence-electron chi connectivity index (χ0n) is 7.86. The summed E-state index contributed by atoms with van der Waals surface area (Å²) in [4.78, 5) is 11.3. The van der Waals surface area contributed by atoms with Crippen LogP contribution in [0, 0.1) is 5.92 Å². The molecule has 1 amide bonds. The molecule has 1 aromatic carbocycles. The fraction of sp³-hybridized carbons (Fsp3) is 0.364. The minimum absolute atomic E-state index is 0.105. The highest BCUT2D eigenvalue weighted by atomic mass is 16.3. The first-order chi connectivity index (χ1) is 6.77. The number of amides is 1. The number of phenolic OH excluding ortho intramolecular Hbond substituents is 1. The molecule has 3 nitrogen and oxygen atoms in total. The smallest absolute Gasteiger partial charge is 0.223 e. The van der Waals surface area contributed by atoms with Gasteiger partial charge in [0, 0.05) is 18.0 Å². The van der Waals surface area contributed by atoms with E-state index >= 15 is 0 Å². The standard InChI is InChI=1S/C11H13NO2/c13-10-4-2-1-3-9(10)7-12-11(14)8-5-6-8/h1-4,8,13H,5-7H2,(H,12,14). The van der Waals surface area contributed by atoms with Crippen LogP contribution in [-0.4, -0.2) is 11.0 Å². The van der Waals surface area contributed by atoms with Crippen LogP contribution >= 0.6 is 0 Å². The minimum Gasteiger partial charge on any atom is -0.508 e. The molecule has 2 rings (SSSR count). The highest BCUT2D eigenvalue weighted by molar-refractivity contribution is 5.80. The molecular formula is C11H13NO2. The van der Waals surface area contributed by atoms with E-state index in [1.165, 1.54) is 0 Å². The molecule has 1 aliphatic carbocycles. The zero-order chi connectivity index (χ0) is 9.97. The van der Waals surface area contributed by atoms with Crippen molar-refractivity contribution in [3.63, 3.8) is 0 Å². The molecule has 0 heterocycles. The summed E-state index contributed by atoms with van der Waals surface area (Å²) in [7, 11) is 0. The summed E-state index contributed by atoms with van der Waals surface area (Å²) >= 11 is 0. The van der Waals surface area contributed by atoms with Crippen LogP contribution in [0.1, 0.15) is 18.4 Å². The molecule has 1 saturated carbocycles. The van der Waals surface area contributed by atoms with Crippen LogP contribution in [0.15, 0.2) is 24.3 Å². The third-order valence-corrected chi connectivity index (χ3v) is 2.39. The van der Waals surface area contributed by atoms with E-state index in [0.29, 0.717) is 6.54 Å². The first kappa shape index (κ1) is 9.06. The number of rotatable bonds is 3. The Balaban J connectivity index is 1.91. The van der Waals surface area contributed by atoms with Gasteiger partial charge in [-0.3, -0.25) is 4.79 Å². The fourth-order valence-corrected chi connectivity index (χ4v) is 1.33. The number of carbonyl (C=O) groups excluding carboxylic acids is 1. The lowest BCUT2D eigenvalue weighted by atomic mass is 10.2. The maximum absolute atomic E-state index is 11.3. The molecule has 74 valence electrons. The zero-order valence-corrected chi connectivity index (χ0v) is 7.86. The van der Waals surface area contributed by atoms with Crippen molar-refractivity contribution in [2.75, 3.05) is 0 Å². The van der Waals surface area contributed by atoms with Gasteiger partial charge < -0.3 is 10.4 Å². The Labute approximate surface area is 82.8 Å². The average Bonchev–Trinajstić information content (AvgIpc) is 2.99. The molecule has 0 bridgehead atoms. The van der Waals surface area contributed by atoms with E-state index in [2.05, 4.69) is 5.32 Å². The maximum atomic E-state index is 11.3. The van der Waals surface area contributed by atoms with Gasteiger partial charge in [-0.25, -0.2) is 0 Å². The van der Waals surface area contributed by atoms with Crippen molar-refractivity contribution in [3.8, 4) is 5.75 Å². The summed E-state index contributed by atoms with van der Waals surface area (Å²) in [6, 6.07) is 7.04. The molecule has 3 heteroatoms. The second-order valence-corrected chi connectivity index (χ2v) is 3.62. The van der Waals surface area contributed by atoms with Gasteiger partial charge in [-0.1, -0.05) is 18.2 Å². The second-order valence-electron chi connectivity index (χ2n) is 3.62. The number of aromatic hydroxyl groups is 1. The van der Waals surface area contributed by atoms with E-state index in [1.54, 1.807) is 12.1 Å². The van der Waals surface area contributed by atoms with Crippen molar-refractivity contribution >= 4 is 5.91 Å². The summed E-state index contributed by atoms with van der Waals surface area (Å²) < 4.78 is 0. The molecule has 0 aliphatic heterocycles. The lowest BCUT2D eigenvalue weighted by Gasteiger charge is -2.05. The van der Waals surface area contributed by atoms with Crippen LogP contribution in [0.4, 0.5) is 0 Å². The quantitative estimate of drug-likeness (QED) is 0.759. The molecule has 0 saturated heterocycles. The van der Waals surface area contributed by atoms with Gasteiger partial charge in [0.2, 0.25) is 5.91 Å². The summed E-state index contributed by atoms with van der Waals surface area (Å²) in [6.45, 7) is 0.419. The molecule has 1 aromatic rings. The molecule has 0 spiro atoms. The number of benzene rings is 1. The number of hydrogen-bond acceptors (Lipinski definition) is 2. The van der Waals surface area contributed by atoms with Crippen LogP contribution in [0.2, 0.25) is 0 Å². The Morgan fingerprint density at radius 1 is 1.43 bits per heavy atom. The Morgan fingerprint density at radius 2 is 2.14 bits per heavy atom. The summed E-state index contributed by atoms with van der Waals surface area (Å²) in [5, 5.41) is 12.2. The van der Waals surface area contributed by atoms with E-state index in [-0.39, 0.29) is 17.6 Å². The molecule has 0 radical (unpaired) electrons. The van der Waals surface area contributed by atoms with E-state index in [9.17, 15) is 9.90 Å². The van der Waals surface area contributed by atoms with Crippen LogP contribution in [0.3, 0.4) is 0 Å². The molecule has 1 fully saturated rings. The largest absolute Gasteiger partial charge is 0.508 e. The lowest BCUT2D eigenvalue weighted by molar-refractivity contribution is -0.122. The Hall–Kier alpha value is -1.51. The van der Waals surface area contributed by atoms with Crippen LogP contribution in [0.25, 0.3) is 0 Å². The van der Waals surface area contributed by atoms with Gasteiger partial charge in [-0.05, 0) is 18.9 Å². The van der Waals surface area contributed by atoms with E-state index < -0.39 is 0 Å². The highest BCUT2D eigenvalue weighted by Crippen LogP contribution is 2.29. The van der Waals surface area contributed by atoms with E-state index in [1.807, 2.05) is 12.1 Å². The van der Waals surface area contributed by atoms with Gasteiger partial charge in [0.15, 0.2) is 0 Å². The van der Waals surface area contributed by atoms with Crippen molar-refractivity contribution < 1.29 is 9.90 Å². The number of hydrogen-bond donors (Lipinski definition) is 2. The molecule has 14 heavy (non-hydrogen) atoms.